The van der Waals surface area contributed by atoms with Gasteiger partial charge in [-0.3, -0.25) is 4.79 Å². The summed E-state index contributed by atoms with van der Waals surface area (Å²) in [4.78, 5) is 12.6. The van der Waals surface area contributed by atoms with Crippen LogP contribution in [0.15, 0.2) is 72.8 Å². The molecular weight excluding hydrogens is 407 g/mol. The third kappa shape index (κ3) is 6.33. The molecule has 0 radical (unpaired) electrons. The van der Waals surface area contributed by atoms with Crippen molar-refractivity contribution in [3.05, 3.63) is 95.1 Å². The van der Waals surface area contributed by atoms with Gasteiger partial charge in [-0.05, 0) is 48.9 Å². The molecule has 0 saturated carbocycles. The van der Waals surface area contributed by atoms with Gasteiger partial charge in [-0.15, -0.1) is 0 Å². The molecular formula is C24H22F3NO3. The lowest BCUT2D eigenvalue weighted by Crippen LogP contribution is -2.14. The molecule has 162 valence electrons. The van der Waals surface area contributed by atoms with Gasteiger partial charge in [-0.2, -0.15) is 13.2 Å². The van der Waals surface area contributed by atoms with E-state index in [1.54, 1.807) is 18.2 Å². The number of alkyl halides is 3. The van der Waals surface area contributed by atoms with E-state index in [2.05, 4.69) is 5.32 Å². The highest BCUT2D eigenvalue weighted by Crippen LogP contribution is 2.31. The van der Waals surface area contributed by atoms with E-state index in [0.29, 0.717) is 30.1 Å². The Morgan fingerprint density at radius 2 is 1.71 bits per heavy atom. The number of ether oxygens (including phenoxy) is 2. The summed E-state index contributed by atoms with van der Waals surface area (Å²) in [5.74, 6) is 0.0675. The molecule has 0 bridgehead atoms. The van der Waals surface area contributed by atoms with E-state index in [1.165, 1.54) is 12.1 Å². The van der Waals surface area contributed by atoms with Gasteiger partial charge in [0.15, 0.2) is 0 Å². The first-order valence-electron chi connectivity index (χ1n) is 9.73. The molecule has 0 spiro atoms. The van der Waals surface area contributed by atoms with Crippen LogP contribution >= 0.6 is 0 Å². The molecule has 3 aromatic rings. The van der Waals surface area contributed by atoms with Gasteiger partial charge in [-0.1, -0.05) is 36.4 Å². The molecule has 0 fully saturated rings. The van der Waals surface area contributed by atoms with Crippen LogP contribution in [-0.4, -0.2) is 12.5 Å². The third-order valence-corrected chi connectivity index (χ3v) is 4.44. The Labute approximate surface area is 178 Å². The number of hydrogen-bond donors (Lipinski definition) is 1. The molecule has 1 N–H and O–H groups in total. The maximum Gasteiger partial charge on any atom is 0.416 e. The van der Waals surface area contributed by atoms with Gasteiger partial charge in [0, 0.05) is 16.8 Å². The van der Waals surface area contributed by atoms with Crippen LogP contribution in [0, 0.1) is 0 Å². The number of anilines is 1. The molecule has 0 aliphatic heterocycles. The van der Waals surface area contributed by atoms with E-state index in [4.69, 9.17) is 9.47 Å². The van der Waals surface area contributed by atoms with Gasteiger partial charge in [-0.25, -0.2) is 0 Å². The van der Waals surface area contributed by atoms with Crippen LogP contribution in [0.5, 0.6) is 5.75 Å². The number of carbonyl (C=O) groups is 1. The molecule has 0 aromatic heterocycles. The monoisotopic (exact) mass is 429 g/mol. The number of benzene rings is 3. The fourth-order valence-corrected chi connectivity index (χ4v) is 2.96. The zero-order chi connectivity index (χ0) is 22.3. The van der Waals surface area contributed by atoms with E-state index >= 15 is 0 Å². The molecule has 0 aliphatic carbocycles. The topological polar surface area (TPSA) is 47.6 Å². The summed E-state index contributed by atoms with van der Waals surface area (Å²) < 4.78 is 50.1. The summed E-state index contributed by atoms with van der Waals surface area (Å²) in [7, 11) is 0. The van der Waals surface area contributed by atoms with Crippen LogP contribution in [0.3, 0.4) is 0 Å². The zero-order valence-corrected chi connectivity index (χ0v) is 16.9. The largest absolute Gasteiger partial charge is 0.494 e. The van der Waals surface area contributed by atoms with Crippen molar-refractivity contribution in [2.75, 3.05) is 11.9 Å². The van der Waals surface area contributed by atoms with E-state index in [9.17, 15) is 18.0 Å². The Hall–Kier alpha value is -3.32. The van der Waals surface area contributed by atoms with E-state index in [0.717, 1.165) is 17.7 Å². The van der Waals surface area contributed by atoms with E-state index < -0.39 is 17.6 Å². The van der Waals surface area contributed by atoms with Crippen LogP contribution in [0.4, 0.5) is 18.9 Å². The fourth-order valence-electron chi connectivity index (χ4n) is 2.96. The second-order valence-electron chi connectivity index (χ2n) is 6.77. The standard InChI is InChI=1S/C24H22F3NO3/c1-2-31-22-12-11-18(13-19(22)16-30-15-17-7-4-3-5-8-17)23(29)28-21-10-6-9-20(14-21)24(25,26)27/h3-14H,2,15-16H2,1H3,(H,28,29). The van der Waals surface area contributed by atoms with Gasteiger partial charge < -0.3 is 14.8 Å². The molecule has 7 heteroatoms. The quantitative estimate of drug-likeness (QED) is 0.473. The highest BCUT2D eigenvalue weighted by atomic mass is 19.4. The molecule has 0 heterocycles. The van der Waals surface area contributed by atoms with Crippen LogP contribution in [-0.2, 0) is 24.1 Å². The summed E-state index contributed by atoms with van der Waals surface area (Å²) in [5.41, 5.74) is 1.22. The summed E-state index contributed by atoms with van der Waals surface area (Å²) in [5, 5.41) is 2.51. The van der Waals surface area contributed by atoms with Crippen LogP contribution < -0.4 is 10.1 Å². The van der Waals surface area contributed by atoms with Crippen molar-refractivity contribution in [1.29, 1.82) is 0 Å². The SMILES string of the molecule is CCOc1ccc(C(=O)Nc2cccc(C(F)(F)F)c2)cc1COCc1ccccc1. The molecule has 4 nitrogen and oxygen atoms in total. The number of nitrogens with one attached hydrogen (secondary N) is 1. The Bertz CT molecular complexity index is 1020. The number of carbonyl (C=O) groups excluding carboxylic acids is 1. The van der Waals surface area contributed by atoms with Gasteiger partial charge in [0.25, 0.3) is 5.91 Å². The summed E-state index contributed by atoms with van der Waals surface area (Å²) >= 11 is 0. The minimum atomic E-state index is -4.48. The van der Waals surface area contributed by atoms with Crippen molar-refractivity contribution in [2.45, 2.75) is 26.3 Å². The Kier molecular flexibility index (Phi) is 7.31. The molecule has 0 atom stereocenters. The number of halogens is 3. The Balaban J connectivity index is 1.73. The highest BCUT2D eigenvalue weighted by molar-refractivity contribution is 6.04. The minimum Gasteiger partial charge on any atom is -0.494 e. The highest BCUT2D eigenvalue weighted by Gasteiger charge is 2.30. The summed E-state index contributed by atoms with van der Waals surface area (Å²) in [6, 6.07) is 19.0. The van der Waals surface area contributed by atoms with Crippen molar-refractivity contribution in [1.82, 2.24) is 0 Å². The average Bonchev–Trinajstić information content (AvgIpc) is 2.75. The molecule has 31 heavy (non-hydrogen) atoms. The lowest BCUT2D eigenvalue weighted by Gasteiger charge is -2.14. The minimum absolute atomic E-state index is 0.0654. The first-order chi connectivity index (χ1) is 14.9. The second kappa shape index (κ2) is 10.1. The number of amides is 1. The van der Waals surface area contributed by atoms with Gasteiger partial charge in [0.1, 0.15) is 5.75 Å². The normalized spacial score (nSPS) is 11.2. The van der Waals surface area contributed by atoms with Crippen molar-refractivity contribution in [3.63, 3.8) is 0 Å². The van der Waals surface area contributed by atoms with Crippen molar-refractivity contribution >= 4 is 11.6 Å². The smallest absolute Gasteiger partial charge is 0.416 e. The van der Waals surface area contributed by atoms with Gasteiger partial charge in [0.2, 0.25) is 0 Å². The van der Waals surface area contributed by atoms with Crippen molar-refractivity contribution in [2.24, 2.45) is 0 Å². The number of hydrogen-bond acceptors (Lipinski definition) is 3. The van der Waals surface area contributed by atoms with E-state index in [1.807, 2.05) is 37.3 Å². The van der Waals surface area contributed by atoms with Crippen molar-refractivity contribution < 1.29 is 27.4 Å². The summed E-state index contributed by atoms with van der Waals surface area (Å²) in [6.45, 7) is 2.91. The summed E-state index contributed by atoms with van der Waals surface area (Å²) in [6.07, 6.45) is -4.48. The first kappa shape index (κ1) is 22.4. The van der Waals surface area contributed by atoms with Crippen LogP contribution in [0.25, 0.3) is 0 Å². The van der Waals surface area contributed by atoms with Crippen LogP contribution in [0.1, 0.15) is 34.0 Å². The molecule has 0 saturated heterocycles. The molecule has 3 aromatic carbocycles. The predicted octanol–water partition coefficient (Wildman–Crippen LogP) is 6.07. The van der Waals surface area contributed by atoms with Crippen molar-refractivity contribution in [3.8, 4) is 5.75 Å². The molecule has 0 aliphatic rings. The predicted molar refractivity (Wildman–Crippen MR) is 112 cm³/mol. The average molecular weight is 429 g/mol. The zero-order valence-electron chi connectivity index (χ0n) is 16.9. The Morgan fingerprint density at radius 1 is 0.935 bits per heavy atom. The first-order valence-corrected chi connectivity index (χ1v) is 9.73. The lowest BCUT2D eigenvalue weighted by atomic mass is 10.1. The lowest BCUT2D eigenvalue weighted by molar-refractivity contribution is -0.137. The maximum absolute atomic E-state index is 12.9. The van der Waals surface area contributed by atoms with E-state index in [-0.39, 0.29) is 12.3 Å². The second-order valence-corrected chi connectivity index (χ2v) is 6.77. The van der Waals surface area contributed by atoms with Gasteiger partial charge >= 0.3 is 6.18 Å². The third-order valence-electron chi connectivity index (χ3n) is 4.44. The molecule has 1 amide bonds. The molecule has 0 unspecified atom stereocenters. The van der Waals surface area contributed by atoms with Crippen LogP contribution in [0.2, 0.25) is 0 Å². The fraction of sp³-hybridized carbons (Fsp3) is 0.208. The molecule has 3 rings (SSSR count). The number of rotatable bonds is 8. The van der Waals surface area contributed by atoms with Gasteiger partial charge in [0.05, 0.1) is 25.4 Å². The maximum atomic E-state index is 12.9. The Morgan fingerprint density at radius 3 is 2.42 bits per heavy atom.